The van der Waals surface area contributed by atoms with Gasteiger partial charge in [-0.2, -0.15) is 0 Å². The number of rotatable bonds is 4. The Morgan fingerprint density at radius 1 is 1.78 bits per heavy atom. The predicted octanol–water partition coefficient (Wildman–Crippen LogP) is 1.80. The van der Waals surface area contributed by atoms with Crippen molar-refractivity contribution in [1.82, 2.24) is 0 Å². The Bertz CT molecular complexity index is 52.2. The van der Waals surface area contributed by atoms with Gasteiger partial charge in [0.1, 0.15) is 6.79 Å². The molecule has 0 aliphatic carbocycles. The van der Waals surface area contributed by atoms with E-state index >= 15 is 0 Å². The molecular weight excluding hydrogens is 237 g/mol. The van der Waals surface area contributed by atoms with E-state index in [-0.39, 0.29) is 0 Å². The van der Waals surface area contributed by atoms with Crippen molar-refractivity contribution in [2.24, 2.45) is 0 Å². The van der Waals surface area contributed by atoms with Crippen molar-refractivity contribution < 1.29 is 25.8 Å². The first kappa shape index (κ1) is 12.3. The van der Waals surface area contributed by atoms with Crippen molar-refractivity contribution in [2.45, 2.75) is 0 Å². The van der Waals surface area contributed by atoms with Crippen molar-refractivity contribution >= 4 is 13.6 Å². The predicted molar refractivity (Wildman–Crippen MR) is 36.4 cm³/mol. The van der Waals surface area contributed by atoms with Crippen LogP contribution in [0.25, 0.3) is 0 Å². The van der Waals surface area contributed by atoms with E-state index in [4.69, 9.17) is 0 Å². The summed E-state index contributed by atoms with van der Waals surface area (Å²) in [4.78, 5) is 0. The molecule has 0 radical (unpaired) electrons. The third-order valence-electron chi connectivity index (χ3n) is 0.378. The van der Waals surface area contributed by atoms with E-state index in [0.29, 0.717) is 6.79 Å². The van der Waals surface area contributed by atoms with Crippen molar-refractivity contribution in [3.05, 3.63) is 19.3 Å². The molecule has 0 spiro atoms. The second-order valence-electron chi connectivity index (χ2n) is 0.945. The Labute approximate surface area is 72.6 Å². The van der Waals surface area contributed by atoms with Crippen LogP contribution in [0.3, 0.4) is 0 Å². The molecule has 0 aromatic carbocycles. The topological polar surface area (TPSA) is 18.5 Å². The molecule has 0 heterocycles. The molecule has 0 bridgehead atoms. The zero-order valence-electron chi connectivity index (χ0n) is 5.47. The van der Waals surface area contributed by atoms with E-state index in [1.54, 1.807) is 13.2 Å². The number of hydrogen-bond donors (Lipinski definition) is 0. The third kappa shape index (κ3) is 17.7. The summed E-state index contributed by atoms with van der Waals surface area (Å²) in [5, 5.41) is 0. The van der Waals surface area contributed by atoms with Gasteiger partial charge in [0.15, 0.2) is 0 Å². The first-order valence-electron chi connectivity index (χ1n) is 2.23. The number of ether oxygens (including phenoxy) is 2. The average Bonchev–Trinajstić information content (AvgIpc) is 1.94. The van der Waals surface area contributed by atoms with E-state index in [0.717, 1.165) is 0 Å². The molecule has 0 rings (SSSR count). The van der Waals surface area contributed by atoms with Crippen LogP contribution in [0.15, 0.2) is 12.7 Å². The van der Waals surface area contributed by atoms with Crippen LogP contribution in [-0.2, 0) is 25.8 Å². The molecule has 0 N–H and O–H groups in total. The fourth-order valence-electron chi connectivity index (χ4n) is 0.175. The second kappa shape index (κ2) is 15.9. The first-order chi connectivity index (χ1) is 4.41. The van der Waals surface area contributed by atoms with Crippen LogP contribution in [0.1, 0.15) is 0 Å². The van der Waals surface area contributed by atoms with Crippen molar-refractivity contribution in [3.8, 4) is 0 Å². The fourth-order valence-corrected chi connectivity index (χ4v) is 0.175. The molecule has 0 amide bonds. The van der Waals surface area contributed by atoms with E-state index in [1.165, 1.54) is 22.9 Å². The van der Waals surface area contributed by atoms with Gasteiger partial charge in [0.2, 0.25) is 0 Å². The molecule has 50 valence electrons. The maximum absolute atomic E-state index is 4.67. The van der Waals surface area contributed by atoms with Crippen LogP contribution in [0.5, 0.6) is 0 Å². The van der Waals surface area contributed by atoms with Crippen LogP contribution < -0.4 is 0 Å². The molecular formula is C5H9BrO2Zn. The van der Waals surface area contributed by atoms with Gasteiger partial charge in [-0.3, -0.25) is 0 Å². The van der Waals surface area contributed by atoms with Gasteiger partial charge in [0, 0.05) is 7.11 Å². The molecule has 0 aromatic heterocycles. The summed E-state index contributed by atoms with van der Waals surface area (Å²) in [6.07, 6.45) is 1.55. The average molecular weight is 246 g/mol. The Balaban J connectivity index is 0. The zero-order valence-corrected chi connectivity index (χ0v) is 10.0. The van der Waals surface area contributed by atoms with Gasteiger partial charge < -0.3 is 9.47 Å². The summed E-state index contributed by atoms with van der Waals surface area (Å²) in [6, 6.07) is 0. The summed E-state index contributed by atoms with van der Waals surface area (Å²) in [5.41, 5.74) is 0. The van der Waals surface area contributed by atoms with Crippen LogP contribution in [0, 0.1) is 6.61 Å². The zero-order chi connectivity index (χ0) is 7.54. The summed E-state index contributed by atoms with van der Waals surface area (Å²) in [6.45, 7) is 5.17. The third-order valence-corrected chi connectivity index (χ3v) is 0.378. The van der Waals surface area contributed by atoms with Gasteiger partial charge in [-0.1, -0.05) is 0 Å². The number of halogens is 1. The SMILES string of the molecule is C=C[CH-]OCOC.[Zn+][Br]. The van der Waals surface area contributed by atoms with Gasteiger partial charge in [-0.05, 0) is 0 Å². The Morgan fingerprint density at radius 2 is 2.33 bits per heavy atom. The van der Waals surface area contributed by atoms with E-state index in [2.05, 4.69) is 29.7 Å². The summed E-state index contributed by atoms with van der Waals surface area (Å²) < 4.78 is 9.21. The Kier molecular flexibility index (Phi) is 21.7. The van der Waals surface area contributed by atoms with E-state index in [1.807, 2.05) is 0 Å². The van der Waals surface area contributed by atoms with Crippen molar-refractivity contribution in [3.63, 3.8) is 0 Å². The Morgan fingerprint density at radius 3 is 2.67 bits per heavy atom. The molecule has 0 aromatic rings. The molecule has 0 unspecified atom stereocenters. The first-order valence-corrected chi connectivity index (χ1v) is 9.18. The minimum absolute atomic E-state index is 0.298. The molecule has 0 aliphatic rings. The minimum atomic E-state index is 0.298. The quantitative estimate of drug-likeness (QED) is 0.326. The van der Waals surface area contributed by atoms with Crippen molar-refractivity contribution in [2.75, 3.05) is 13.9 Å². The Hall–Kier alpha value is 0.633. The van der Waals surface area contributed by atoms with E-state index < -0.39 is 0 Å². The van der Waals surface area contributed by atoms with Gasteiger partial charge >= 0.3 is 30.0 Å². The van der Waals surface area contributed by atoms with E-state index in [9.17, 15) is 0 Å². The molecule has 0 aliphatic heterocycles. The molecule has 0 saturated heterocycles. The second-order valence-corrected chi connectivity index (χ2v) is 0.945. The molecule has 0 fully saturated rings. The monoisotopic (exact) mass is 244 g/mol. The van der Waals surface area contributed by atoms with Crippen LogP contribution in [0.2, 0.25) is 0 Å². The van der Waals surface area contributed by atoms with Crippen LogP contribution in [-0.4, -0.2) is 13.9 Å². The van der Waals surface area contributed by atoms with Gasteiger partial charge in [-0.15, -0.1) is 6.61 Å². The van der Waals surface area contributed by atoms with Crippen molar-refractivity contribution in [1.29, 1.82) is 0 Å². The molecule has 2 nitrogen and oxygen atoms in total. The standard InChI is InChI=1S/C5H9O2.BrH.Zn/c1-3-4-7-5-6-2;;/h3-4H,1,5H2,2H3;1H;/q-1;;+2/p-1. The summed E-state index contributed by atoms with van der Waals surface area (Å²) in [7, 11) is 1.57. The summed E-state index contributed by atoms with van der Waals surface area (Å²) >= 11 is 4.25. The normalized spacial score (nSPS) is 7.11. The van der Waals surface area contributed by atoms with Crippen LogP contribution in [0.4, 0.5) is 0 Å². The van der Waals surface area contributed by atoms with Gasteiger partial charge in [-0.25, -0.2) is 12.7 Å². The molecule has 0 atom stereocenters. The van der Waals surface area contributed by atoms with Crippen LogP contribution >= 0.6 is 13.6 Å². The van der Waals surface area contributed by atoms with Gasteiger partial charge in [0.25, 0.3) is 0 Å². The fraction of sp³-hybridized carbons (Fsp3) is 0.400. The molecule has 0 saturated carbocycles. The summed E-state index contributed by atoms with van der Waals surface area (Å²) in [5.74, 6) is 0. The maximum atomic E-state index is 4.67. The molecule has 9 heavy (non-hydrogen) atoms. The molecule has 4 heteroatoms. The number of hydrogen-bond acceptors (Lipinski definition) is 2. The number of methoxy groups -OCH3 is 1. The van der Waals surface area contributed by atoms with Gasteiger partial charge in [0.05, 0.1) is 0 Å².